The third-order valence-corrected chi connectivity index (χ3v) is 5.51. The van der Waals surface area contributed by atoms with E-state index in [0.717, 1.165) is 46.7 Å². The monoisotopic (exact) mass is 404 g/mol. The molecule has 1 N–H and O–H groups in total. The molecule has 1 aromatic carbocycles. The molecule has 0 bridgehead atoms. The van der Waals surface area contributed by atoms with E-state index in [1.54, 1.807) is 13.0 Å². The summed E-state index contributed by atoms with van der Waals surface area (Å²) >= 11 is 0. The number of nitrogens with zero attached hydrogens (tertiary/aromatic N) is 4. The zero-order chi connectivity index (χ0) is 20.9. The van der Waals surface area contributed by atoms with Crippen LogP contribution in [0.2, 0.25) is 0 Å². The molecule has 29 heavy (non-hydrogen) atoms. The number of fused-ring (bicyclic) bond motifs is 1. The fraction of sp³-hybridized carbons (Fsp3) is 0.429. The highest BCUT2D eigenvalue weighted by atomic mass is 19.4. The Bertz CT molecular complexity index is 1050. The van der Waals surface area contributed by atoms with E-state index in [-0.39, 0.29) is 11.7 Å². The molecule has 0 aliphatic carbocycles. The predicted molar refractivity (Wildman–Crippen MR) is 103 cm³/mol. The van der Waals surface area contributed by atoms with Crippen LogP contribution in [0.25, 0.3) is 5.65 Å². The number of halogens is 3. The van der Waals surface area contributed by atoms with Crippen molar-refractivity contribution in [1.29, 1.82) is 0 Å². The number of likely N-dealkylation sites (tertiary alicyclic amines) is 1. The van der Waals surface area contributed by atoms with Gasteiger partial charge in [-0.3, -0.25) is 4.90 Å². The van der Waals surface area contributed by atoms with Crippen LogP contribution in [-0.2, 0) is 12.7 Å². The summed E-state index contributed by atoms with van der Waals surface area (Å²) in [6.45, 7) is 6.78. The summed E-state index contributed by atoms with van der Waals surface area (Å²) in [6.07, 6.45) is -2.71. The largest absolute Gasteiger partial charge is 0.507 e. The molecule has 1 saturated heterocycles. The zero-order valence-electron chi connectivity index (χ0n) is 16.6. The molecular weight excluding hydrogens is 381 g/mol. The quantitative estimate of drug-likeness (QED) is 0.687. The molecule has 1 aliphatic rings. The van der Waals surface area contributed by atoms with Crippen molar-refractivity contribution in [1.82, 2.24) is 19.5 Å². The Morgan fingerprint density at radius 1 is 1.10 bits per heavy atom. The lowest BCUT2D eigenvalue weighted by molar-refractivity contribution is -0.142. The van der Waals surface area contributed by atoms with Crippen LogP contribution < -0.4 is 0 Å². The Morgan fingerprint density at radius 2 is 1.79 bits per heavy atom. The number of aromatic nitrogens is 3. The molecule has 4 rings (SSSR count). The van der Waals surface area contributed by atoms with Gasteiger partial charge in [0.25, 0.3) is 0 Å². The van der Waals surface area contributed by atoms with Crippen LogP contribution in [0.3, 0.4) is 0 Å². The number of alkyl halides is 3. The second kappa shape index (κ2) is 7.02. The lowest BCUT2D eigenvalue weighted by atomic mass is 10.0. The van der Waals surface area contributed by atoms with Crippen molar-refractivity contribution in [2.24, 2.45) is 0 Å². The Hall–Kier alpha value is -2.61. The van der Waals surface area contributed by atoms with Gasteiger partial charge in [0.2, 0.25) is 0 Å². The maximum absolute atomic E-state index is 13.4. The Balaban J connectivity index is 1.68. The SMILES string of the molecule is Cc1cc(C(F)(F)F)n2nc([C@H]3CCCN3Cc3cc(C)c(O)c(C)c3)cc2n1. The van der Waals surface area contributed by atoms with E-state index in [4.69, 9.17) is 0 Å². The zero-order valence-corrected chi connectivity index (χ0v) is 16.6. The van der Waals surface area contributed by atoms with Gasteiger partial charge in [0.05, 0.1) is 11.7 Å². The van der Waals surface area contributed by atoms with Gasteiger partial charge < -0.3 is 5.11 Å². The van der Waals surface area contributed by atoms with Crippen LogP contribution in [0.5, 0.6) is 5.75 Å². The molecule has 2 aromatic heterocycles. The minimum absolute atomic E-state index is 0.0625. The average Bonchev–Trinajstić information content (AvgIpc) is 3.24. The van der Waals surface area contributed by atoms with Crippen molar-refractivity contribution in [2.75, 3.05) is 6.54 Å². The lowest BCUT2D eigenvalue weighted by Gasteiger charge is -2.23. The highest BCUT2D eigenvalue weighted by molar-refractivity contribution is 5.44. The van der Waals surface area contributed by atoms with E-state index < -0.39 is 11.9 Å². The molecule has 8 heteroatoms. The first kappa shape index (κ1) is 19.7. The van der Waals surface area contributed by atoms with E-state index in [1.165, 1.54) is 0 Å². The van der Waals surface area contributed by atoms with Gasteiger partial charge in [0, 0.05) is 18.3 Å². The van der Waals surface area contributed by atoms with Crippen LogP contribution >= 0.6 is 0 Å². The Labute approximate surface area is 166 Å². The Kier molecular flexibility index (Phi) is 4.77. The van der Waals surface area contributed by atoms with Gasteiger partial charge in [-0.2, -0.15) is 18.3 Å². The second-order valence-electron chi connectivity index (χ2n) is 7.83. The fourth-order valence-corrected chi connectivity index (χ4v) is 4.20. The molecule has 0 saturated carbocycles. The van der Waals surface area contributed by atoms with E-state index in [9.17, 15) is 18.3 Å². The van der Waals surface area contributed by atoms with Gasteiger partial charge in [-0.25, -0.2) is 9.50 Å². The fourth-order valence-electron chi connectivity index (χ4n) is 4.20. The molecule has 0 unspecified atom stereocenters. The van der Waals surface area contributed by atoms with Crippen LogP contribution in [0.1, 0.15) is 52.7 Å². The first-order valence-electron chi connectivity index (χ1n) is 9.61. The molecule has 1 aliphatic heterocycles. The maximum Gasteiger partial charge on any atom is 0.433 e. The summed E-state index contributed by atoms with van der Waals surface area (Å²) in [6, 6.07) is 6.53. The first-order chi connectivity index (χ1) is 13.6. The van der Waals surface area contributed by atoms with Gasteiger partial charge in [0.15, 0.2) is 5.65 Å². The first-order valence-corrected chi connectivity index (χ1v) is 9.61. The van der Waals surface area contributed by atoms with E-state index in [0.29, 0.717) is 23.7 Å². The highest BCUT2D eigenvalue weighted by Gasteiger charge is 2.36. The molecule has 3 aromatic rings. The minimum atomic E-state index is -4.49. The highest BCUT2D eigenvalue weighted by Crippen LogP contribution is 2.35. The van der Waals surface area contributed by atoms with Crippen LogP contribution in [0, 0.1) is 20.8 Å². The molecule has 1 atom stereocenters. The minimum Gasteiger partial charge on any atom is -0.507 e. The number of aryl methyl sites for hydroxylation is 3. The topological polar surface area (TPSA) is 53.7 Å². The molecule has 1 fully saturated rings. The van der Waals surface area contributed by atoms with Gasteiger partial charge in [-0.1, -0.05) is 12.1 Å². The predicted octanol–water partition coefficient (Wildman–Crippen LogP) is 4.72. The molecule has 5 nitrogen and oxygen atoms in total. The summed E-state index contributed by atoms with van der Waals surface area (Å²) in [5.74, 6) is 0.299. The third-order valence-electron chi connectivity index (χ3n) is 5.51. The second-order valence-corrected chi connectivity index (χ2v) is 7.83. The van der Waals surface area contributed by atoms with Crippen molar-refractivity contribution >= 4 is 5.65 Å². The smallest absolute Gasteiger partial charge is 0.433 e. The van der Waals surface area contributed by atoms with Gasteiger partial charge >= 0.3 is 6.18 Å². The number of phenolic OH excluding ortho intramolecular Hbond substituents is 1. The molecule has 154 valence electrons. The number of hydrogen-bond acceptors (Lipinski definition) is 4. The summed E-state index contributed by atoms with van der Waals surface area (Å²) in [5, 5.41) is 14.3. The number of hydrogen-bond donors (Lipinski definition) is 1. The van der Waals surface area contributed by atoms with Crippen LogP contribution in [0.15, 0.2) is 24.3 Å². The normalized spacial score (nSPS) is 18.1. The standard InChI is InChI=1S/C21H23F3N4O/c1-12-7-15(8-13(2)20(12)29)11-27-6-4-5-17(27)16-10-19-25-14(3)9-18(21(22,23)24)28(19)26-16/h7-10,17,29H,4-6,11H2,1-3H3/t17-/m1/s1. The molecule has 0 amide bonds. The summed E-state index contributed by atoms with van der Waals surface area (Å²) in [5.41, 5.74) is 3.04. The third kappa shape index (κ3) is 3.69. The van der Waals surface area contributed by atoms with Crippen molar-refractivity contribution in [3.8, 4) is 5.75 Å². The van der Waals surface area contributed by atoms with E-state index >= 15 is 0 Å². The van der Waals surface area contributed by atoms with Crippen molar-refractivity contribution in [2.45, 2.75) is 52.4 Å². The van der Waals surface area contributed by atoms with Gasteiger partial charge in [0.1, 0.15) is 11.4 Å². The molecule has 0 radical (unpaired) electrons. The molecular formula is C21H23F3N4O. The lowest BCUT2D eigenvalue weighted by Crippen LogP contribution is -2.23. The number of benzene rings is 1. The van der Waals surface area contributed by atoms with Crippen molar-refractivity contribution in [3.05, 3.63) is 58.0 Å². The van der Waals surface area contributed by atoms with E-state index in [1.807, 2.05) is 26.0 Å². The maximum atomic E-state index is 13.4. The molecule has 3 heterocycles. The van der Waals surface area contributed by atoms with Crippen LogP contribution in [0.4, 0.5) is 13.2 Å². The van der Waals surface area contributed by atoms with Crippen molar-refractivity contribution in [3.63, 3.8) is 0 Å². The Morgan fingerprint density at radius 3 is 2.45 bits per heavy atom. The summed E-state index contributed by atoms with van der Waals surface area (Å²) in [4.78, 5) is 6.47. The summed E-state index contributed by atoms with van der Waals surface area (Å²) in [7, 11) is 0. The average molecular weight is 404 g/mol. The van der Waals surface area contributed by atoms with Gasteiger partial charge in [-0.15, -0.1) is 0 Å². The van der Waals surface area contributed by atoms with E-state index in [2.05, 4.69) is 15.0 Å². The van der Waals surface area contributed by atoms with Crippen LogP contribution in [-0.4, -0.2) is 31.1 Å². The number of aromatic hydroxyl groups is 1. The van der Waals surface area contributed by atoms with Crippen molar-refractivity contribution < 1.29 is 18.3 Å². The number of phenols is 1. The number of rotatable bonds is 3. The molecule has 0 spiro atoms. The van der Waals surface area contributed by atoms with Gasteiger partial charge in [-0.05, 0) is 62.9 Å². The summed E-state index contributed by atoms with van der Waals surface area (Å²) < 4.78 is 41.2.